The molecule has 0 aliphatic heterocycles. The molecule has 0 aliphatic carbocycles. The molecule has 0 amide bonds. The predicted molar refractivity (Wildman–Crippen MR) is 60.1 cm³/mol. The minimum Gasteiger partial charge on any atom is -0.396 e. The maximum atomic E-state index is 13.5. The largest absolute Gasteiger partial charge is 0.396 e. The number of aliphatic hydroxyl groups is 2. The van der Waals surface area contributed by atoms with Crippen LogP contribution in [0.4, 0.5) is 8.78 Å². The van der Waals surface area contributed by atoms with Gasteiger partial charge in [0, 0.05) is 18.6 Å². The Bertz CT molecular complexity index is 358. The number of rotatable bonds is 5. The summed E-state index contributed by atoms with van der Waals surface area (Å²) in [5.41, 5.74) is -0.125. The lowest BCUT2D eigenvalue weighted by Gasteiger charge is -2.11. The van der Waals surface area contributed by atoms with Gasteiger partial charge in [-0.15, -0.1) is 0 Å². The number of hydrogen-bond acceptors (Lipinski definition) is 2. The molecule has 0 aliphatic rings. The number of hydrogen-bond donors (Lipinski definition) is 2. The number of aliphatic hydroxyl groups excluding tert-OH is 2. The Kier molecular flexibility index (Phi) is 5.31. The first-order valence-corrected chi connectivity index (χ1v) is 5.77. The lowest BCUT2D eigenvalue weighted by Crippen LogP contribution is -2.13. The van der Waals surface area contributed by atoms with Gasteiger partial charge in [-0.2, -0.15) is 0 Å². The second-order valence-electron chi connectivity index (χ2n) is 3.55. The second kappa shape index (κ2) is 6.27. The van der Waals surface area contributed by atoms with Crippen molar-refractivity contribution in [2.75, 3.05) is 6.61 Å². The van der Waals surface area contributed by atoms with E-state index in [0.29, 0.717) is 12.8 Å². The van der Waals surface area contributed by atoms with Crippen LogP contribution in [0.2, 0.25) is 0 Å². The molecule has 1 aromatic rings. The number of benzene rings is 1. The monoisotopic (exact) mass is 294 g/mol. The van der Waals surface area contributed by atoms with E-state index in [9.17, 15) is 13.9 Å². The van der Waals surface area contributed by atoms with Gasteiger partial charge < -0.3 is 10.2 Å². The first kappa shape index (κ1) is 13.5. The van der Waals surface area contributed by atoms with Gasteiger partial charge in [-0.05, 0) is 40.9 Å². The van der Waals surface area contributed by atoms with Crippen LogP contribution in [0.25, 0.3) is 0 Å². The molecule has 1 aromatic carbocycles. The van der Waals surface area contributed by atoms with Crippen LogP contribution in [0.15, 0.2) is 16.6 Å². The molecule has 0 heterocycles. The zero-order chi connectivity index (χ0) is 12.1. The lowest BCUT2D eigenvalue weighted by molar-refractivity contribution is 0.148. The van der Waals surface area contributed by atoms with E-state index in [1.807, 2.05) is 0 Å². The molecule has 0 radical (unpaired) electrons. The molecule has 2 nitrogen and oxygen atoms in total. The van der Waals surface area contributed by atoms with Crippen molar-refractivity contribution in [3.63, 3.8) is 0 Å². The Balaban J connectivity index is 2.76. The average molecular weight is 295 g/mol. The molecule has 1 unspecified atom stereocenters. The highest BCUT2D eigenvalue weighted by Crippen LogP contribution is 2.23. The van der Waals surface area contributed by atoms with Crippen molar-refractivity contribution < 1.29 is 19.0 Å². The van der Waals surface area contributed by atoms with Gasteiger partial charge in [-0.25, -0.2) is 8.78 Å². The fourth-order valence-electron chi connectivity index (χ4n) is 1.42. The van der Waals surface area contributed by atoms with Gasteiger partial charge in [0.05, 0.1) is 10.6 Å². The van der Waals surface area contributed by atoms with E-state index in [0.717, 1.165) is 6.07 Å². The highest BCUT2D eigenvalue weighted by molar-refractivity contribution is 9.10. The smallest absolute Gasteiger partial charge is 0.143 e. The van der Waals surface area contributed by atoms with E-state index >= 15 is 0 Å². The van der Waals surface area contributed by atoms with E-state index in [2.05, 4.69) is 15.9 Å². The molecular formula is C11H13BrF2O2. The maximum Gasteiger partial charge on any atom is 0.143 e. The van der Waals surface area contributed by atoms with Crippen molar-refractivity contribution in [3.8, 4) is 0 Å². The lowest BCUT2D eigenvalue weighted by atomic mass is 10.0. The molecule has 1 atom stereocenters. The van der Waals surface area contributed by atoms with Gasteiger partial charge in [-0.3, -0.25) is 0 Å². The summed E-state index contributed by atoms with van der Waals surface area (Å²) in [7, 11) is 0. The molecule has 0 spiro atoms. The minimum atomic E-state index is -0.842. The SMILES string of the molecule is OCCCC(O)Cc1c(F)ccc(Br)c1F. The van der Waals surface area contributed by atoms with Gasteiger partial charge >= 0.3 is 0 Å². The van der Waals surface area contributed by atoms with Gasteiger partial charge in [-0.1, -0.05) is 0 Å². The Morgan fingerprint density at radius 2 is 2.00 bits per heavy atom. The Hall–Kier alpha value is -0.520. The highest BCUT2D eigenvalue weighted by atomic mass is 79.9. The molecule has 5 heteroatoms. The van der Waals surface area contributed by atoms with Crippen molar-refractivity contribution in [1.29, 1.82) is 0 Å². The summed E-state index contributed by atoms with van der Waals surface area (Å²) in [6.07, 6.45) is -0.192. The molecule has 0 saturated heterocycles. The predicted octanol–water partition coefficient (Wildman–Crippen LogP) is 2.40. The summed E-state index contributed by atoms with van der Waals surface area (Å²) in [6.45, 7) is -0.0412. The summed E-state index contributed by atoms with van der Waals surface area (Å²) in [6, 6.07) is 2.44. The maximum absolute atomic E-state index is 13.5. The van der Waals surface area contributed by atoms with E-state index in [1.165, 1.54) is 6.07 Å². The minimum absolute atomic E-state index is 0.0412. The molecule has 0 saturated carbocycles. The third kappa shape index (κ3) is 3.50. The summed E-state index contributed by atoms with van der Waals surface area (Å²) >= 11 is 2.96. The van der Waals surface area contributed by atoms with Crippen LogP contribution in [-0.4, -0.2) is 22.9 Å². The fraction of sp³-hybridized carbons (Fsp3) is 0.455. The average Bonchev–Trinajstić information content (AvgIpc) is 2.27. The first-order chi connectivity index (χ1) is 7.56. The van der Waals surface area contributed by atoms with Crippen molar-refractivity contribution in [2.45, 2.75) is 25.4 Å². The molecular weight excluding hydrogens is 282 g/mol. The van der Waals surface area contributed by atoms with Crippen LogP contribution >= 0.6 is 15.9 Å². The normalized spacial score (nSPS) is 12.8. The van der Waals surface area contributed by atoms with Crippen LogP contribution in [0.3, 0.4) is 0 Å². The van der Waals surface area contributed by atoms with Crippen molar-refractivity contribution in [3.05, 3.63) is 33.8 Å². The van der Waals surface area contributed by atoms with E-state index in [4.69, 9.17) is 5.11 Å². The van der Waals surface area contributed by atoms with Crippen LogP contribution in [0, 0.1) is 11.6 Å². The molecule has 0 aromatic heterocycles. The van der Waals surface area contributed by atoms with Gasteiger partial charge in [0.1, 0.15) is 11.6 Å². The Morgan fingerprint density at radius 3 is 2.62 bits per heavy atom. The zero-order valence-corrected chi connectivity index (χ0v) is 10.2. The zero-order valence-electron chi connectivity index (χ0n) is 8.59. The van der Waals surface area contributed by atoms with Crippen molar-refractivity contribution >= 4 is 15.9 Å². The van der Waals surface area contributed by atoms with Crippen molar-refractivity contribution in [2.24, 2.45) is 0 Å². The summed E-state index contributed by atoms with van der Waals surface area (Å²) in [5.74, 6) is -1.34. The van der Waals surface area contributed by atoms with E-state index in [1.54, 1.807) is 0 Å². The van der Waals surface area contributed by atoms with Gasteiger partial charge in [0.25, 0.3) is 0 Å². The van der Waals surface area contributed by atoms with Crippen LogP contribution < -0.4 is 0 Å². The van der Waals surface area contributed by atoms with Crippen LogP contribution in [-0.2, 0) is 6.42 Å². The highest BCUT2D eigenvalue weighted by Gasteiger charge is 2.15. The Labute approximate surface area is 101 Å². The molecule has 1 rings (SSSR count). The molecule has 0 fully saturated rings. The molecule has 90 valence electrons. The van der Waals surface area contributed by atoms with Crippen molar-refractivity contribution in [1.82, 2.24) is 0 Å². The Morgan fingerprint density at radius 1 is 1.31 bits per heavy atom. The fourth-order valence-corrected chi connectivity index (χ4v) is 1.79. The second-order valence-corrected chi connectivity index (χ2v) is 4.40. The summed E-state index contributed by atoms with van der Waals surface area (Å²) < 4.78 is 27.0. The summed E-state index contributed by atoms with van der Waals surface area (Å²) in [5, 5.41) is 18.1. The standard InChI is InChI=1S/C11H13BrF2O2/c12-9-3-4-10(13)8(11(9)14)6-7(16)2-1-5-15/h3-4,7,15-16H,1-2,5-6H2. The third-order valence-electron chi connectivity index (χ3n) is 2.27. The topological polar surface area (TPSA) is 40.5 Å². The number of halogens is 3. The third-order valence-corrected chi connectivity index (χ3v) is 2.89. The van der Waals surface area contributed by atoms with E-state index in [-0.39, 0.29) is 23.1 Å². The molecule has 0 bridgehead atoms. The quantitative estimate of drug-likeness (QED) is 0.819. The van der Waals surface area contributed by atoms with Crippen LogP contribution in [0.1, 0.15) is 18.4 Å². The van der Waals surface area contributed by atoms with Gasteiger partial charge in [0.2, 0.25) is 0 Å². The molecule has 2 N–H and O–H groups in total. The summed E-state index contributed by atoms with van der Waals surface area (Å²) in [4.78, 5) is 0. The van der Waals surface area contributed by atoms with Gasteiger partial charge in [0.15, 0.2) is 0 Å². The van der Waals surface area contributed by atoms with Crippen LogP contribution in [0.5, 0.6) is 0 Å². The van der Waals surface area contributed by atoms with E-state index < -0.39 is 17.7 Å². The first-order valence-electron chi connectivity index (χ1n) is 4.97. The molecule has 16 heavy (non-hydrogen) atoms.